The van der Waals surface area contributed by atoms with Crippen molar-refractivity contribution >= 4 is 17.5 Å². The number of carbonyl (C=O) groups excluding carboxylic acids is 2. The zero-order chi connectivity index (χ0) is 37.1. The molecule has 0 aromatic carbocycles. The molecule has 1 saturated heterocycles. The highest BCUT2D eigenvalue weighted by Crippen LogP contribution is 2.69. The molecule has 0 aromatic rings. The Labute approximate surface area is 307 Å². The molecule has 1 aliphatic heterocycles. The van der Waals surface area contributed by atoms with Crippen molar-refractivity contribution in [3.8, 4) is 0 Å². The van der Waals surface area contributed by atoms with E-state index in [9.17, 15) is 24.6 Å². The van der Waals surface area contributed by atoms with Gasteiger partial charge in [-0.2, -0.15) is 0 Å². The molecule has 9 atom stereocenters. The Bertz CT molecular complexity index is 1250. The van der Waals surface area contributed by atoms with Gasteiger partial charge in [0.1, 0.15) is 6.61 Å². The molecule has 51 heavy (non-hydrogen) atoms. The van der Waals surface area contributed by atoms with Crippen LogP contribution in [0, 0.1) is 28.6 Å². The van der Waals surface area contributed by atoms with Gasteiger partial charge in [0.15, 0.2) is 23.5 Å². The van der Waals surface area contributed by atoms with Crippen molar-refractivity contribution in [3.63, 3.8) is 0 Å². The largest absolute Gasteiger partial charge is 0.481 e. The van der Waals surface area contributed by atoms with Gasteiger partial charge in [0, 0.05) is 23.2 Å². The lowest BCUT2D eigenvalue weighted by Crippen LogP contribution is -2.63. The summed E-state index contributed by atoms with van der Waals surface area (Å²) in [4.78, 5) is 35.5. The number of fused-ring (bicyclic) bond motifs is 7. The first kappa shape index (κ1) is 41.6. The molecule has 8 heteroatoms. The highest BCUT2D eigenvalue weighted by Gasteiger charge is 2.75. The van der Waals surface area contributed by atoms with E-state index in [0.717, 1.165) is 37.7 Å². The molecule has 5 rings (SSSR count). The van der Waals surface area contributed by atoms with Crippen LogP contribution in [0.1, 0.15) is 156 Å². The maximum Gasteiger partial charge on any atom is 0.303 e. The Hall–Kier alpha value is -2.13. The zero-order valence-electron chi connectivity index (χ0n) is 32.1. The van der Waals surface area contributed by atoms with Gasteiger partial charge in [-0.15, -0.1) is 0 Å². The fourth-order valence-electron chi connectivity index (χ4n) is 10.5. The minimum atomic E-state index is -1.20. The van der Waals surface area contributed by atoms with Gasteiger partial charge in [0.05, 0.1) is 12.2 Å². The van der Waals surface area contributed by atoms with Crippen molar-refractivity contribution < 1.29 is 39.2 Å². The number of aliphatic carboxylic acids is 1. The number of carboxylic acids is 1. The average molecular weight is 713 g/mol. The second kappa shape index (κ2) is 19.3. The van der Waals surface area contributed by atoms with Crippen LogP contribution in [0.4, 0.5) is 0 Å². The van der Waals surface area contributed by atoms with Crippen LogP contribution in [-0.2, 0) is 23.9 Å². The summed E-state index contributed by atoms with van der Waals surface area (Å²) in [6.07, 6.45) is 29.6. The van der Waals surface area contributed by atoms with Crippen molar-refractivity contribution in [2.75, 3.05) is 6.61 Å². The lowest BCUT2D eigenvalue weighted by Gasteiger charge is -2.59. The number of unbranched alkanes of at least 4 members (excludes halogenated alkanes) is 11. The van der Waals surface area contributed by atoms with E-state index < -0.39 is 42.1 Å². The number of carbonyl (C=O) groups is 3. The zero-order valence-corrected chi connectivity index (χ0v) is 32.1. The molecule has 3 saturated carbocycles. The van der Waals surface area contributed by atoms with Crippen molar-refractivity contribution in [2.45, 2.75) is 180 Å². The smallest absolute Gasteiger partial charge is 0.303 e. The minimum absolute atomic E-state index is 0.0125. The molecule has 0 aromatic heterocycles. The summed E-state index contributed by atoms with van der Waals surface area (Å²) < 4.78 is 12.7. The van der Waals surface area contributed by atoms with Crippen LogP contribution < -0.4 is 0 Å². The quantitative estimate of drug-likeness (QED) is 0.0895. The molecule has 3 N–H and O–H groups in total. The number of ether oxygens (including phenoxy) is 2. The van der Waals surface area contributed by atoms with Crippen LogP contribution in [0.5, 0.6) is 0 Å². The summed E-state index contributed by atoms with van der Waals surface area (Å²) in [7, 11) is 0. The Kier molecular flexibility index (Phi) is 15.7. The van der Waals surface area contributed by atoms with Gasteiger partial charge in [-0.1, -0.05) is 109 Å². The molecule has 288 valence electrons. The van der Waals surface area contributed by atoms with E-state index in [-0.39, 0.29) is 34.7 Å². The number of carboxylic acid groups (broad SMARTS) is 1. The van der Waals surface area contributed by atoms with Crippen LogP contribution in [0.2, 0.25) is 0 Å². The van der Waals surface area contributed by atoms with Crippen LogP contribution in [-0.4, -0.2) is 63.6 Å². The second-order valence-corrected chi connectivity index (χ2v) is 16.5. The van der Waals surface area contributed by atoms with Gasteiger partial charge >= 0.3 is 5.97 Å². The van der Waals surface area contributed by atoms with Gasteiger partial charge in [0.2, 0.25) is 0 Å². The first-order valence-corrected chi connectivity index (χ1v) is 20.4. The standard InChI is InChI=1S/C25H34O6.C18H34O2/c1-4-5-21-30-20-11-17-16-7-6-14-10-15(27)8-9-23(14,2)22(16)18(28)12-24(17,3)25(20,31-21)19(29)13-26;1-2-3-4-5-6-7-8-9-10-11-12-13-14-15-16-17-18(19)20/h8-10,16-18,20-22,26,28H,4-7,11-13H2,1-3H3;9-10H,2-8,11-17H2,1H3,(H,19,20)/b;10-9-/t16-,17-,18-,20+,21?,22+,23-,24-,25+;/m0./s1. The summed E-state index contributed by atoms with van der Waals surface area (Å²) in [5.41, 5.74) is -1.05. The third-order valence-corrected chi connectivity index (χ3v) is 13.0. The average Bonchev–Trinajstić information content (AvgIpc) is 3.58. The lowest BCUT2D eigenvalue weighted by molar-refractivity contribution is -0.200. The predicted molar refractivity (Wildman–Crippen MR) is 200 cm³/mol. The Balaban J connectivity index is 0.000000255. The monoisotopic (exact) mass is 712 g/mol. The normalized spacial score (nSPS) is 35.0. The summed E-state index contributed by atoms with van der Waals surface area (Å²) in [5.74, 6) is -0.637. The number of aliphatic hydroxyl groups excluding tert-OH is 2. The molecular formula is C43H68O8. The highest BCUT2D eigenvalue weighted by molar-refractivity contribution is 6.01. The number of hydrogen-bond donors (Lipinski definition) is 3. The SMILES string of the molecule is CCCC1O[C@@H]2C[C@H]3[C@@H]4CCC5=CC(=O)C=C[C@]5(C)[C@H]4[C@@H](O)C[C@]3(C)[C@]2(C(=O)CO)O1.CCCCCCCC/C=C\CCCCCCCC(=O)O. The number of allylic oxidation sites excluding steroid dienone is 6. The van der Waals surface area contributed by atoms with Gasteiger partial charge < -0.3 is 24.8 Å². The van der Waals surface area contributed by atoms with E-state index in [2.05, 4.69) is 39.8 Å². The maximum absolute atomic E-state index is 13.2. The van der Waals surface area contributed by atoms with Crippen LogP contribution in [0.3, 0.4) is 0 Å². The molecule has 0 spiro atoms. The van der Waals surface area contributed by atoms with Crippen molar-refractivity contribution in [3.05, 3.63) is 36.0 Å². The first-order valence-electron chi connectivity index (χ1n) is 20.4. The summed E-state index contributed by atoms with van der Waals surface area (Å²) >= 11 is 0. The first-order chi connectivity index (χ1) is 24.5. The number of aliphatic hydroxyl groups is 2. The molecule has 1 unspecified atom stereocenters. The Morgan fingerprint density at radius 1 is 0.941 bits per heavy atom. The van der Waals surface area contributed by atoms with Crippen LogP contribution >= 0.6 is 0 Å². The van der Waals surface area contributed by atoms with E-state index in [4.69, 9.17) is 14.6 Å². The molecule has 4 aliphatic carbocycles. The molecular weight excluding hydrogens is 644 g/mol. The van der Waals surface area contributed by atoms with E-state index >= 15 is 0 Å². The number of rotatable bonds is 19. The molecule has 0 bridgehead atoms. The predicted octanol–water partition coefficient (Wildman–Crippen LogP) is 8.83. The summed E-state index contributed by atoms with van der Waals surface area (Å²) in [5, 5.41) is 29.9. The van der Waals surface area contributed by atoms with Gasteiger partial charge in [-0.05, 0) is 88.2 Å². The minimum Gasteiger partial charge on any atom is -0.481 e. The summed E-state index contributed by atoms with van der Waals surface area (Å²) in [6, 6.07) is 0. The fraction of sp³-hybridized carbons (Fsp3) is 0.791. The second-order valence-electron chi connectivity index (χ2n) is 16.5. The highest BCUT2D eigenvalue weighted by atomic mass is 16.7. The number of ketones is 2. The third-order valence-electron chi connectivity index (χ3n) is 13.0. The Morgan fingerprint density at radius 2 is 1.59 bits per heavy atom. The molecule has 5 aliphatic rings. The van der Waals surface area contributed by atoms with E-state index in [0.29, 0.717) is 25.7 Å². The van der Waals surface area contributed by atoms with E-state index in [1.54, 1.807) is 12.2 Å². The molecule has 0 amide bonds. The van der Waals surface area contributed by atoms with Crippen LogP contribution in [0.15, 0.2) is 36.0 Å². The molecule has 0 radical (unpaired) electrons. The summed E-state index contributed by atoms with van der Waals surface area (Å²) in [6.45, 7) is 7.93. The topological polar surface area (TPSA) is 130 Å². The molecule has 8 nitrogen and oxygen atoms in total. The number of hydrogen-bond acceptors (Lipinski definition) is 7. The van der Waals surface area contributed by atoms with Crippen molar-refractivity contribution in [1.29, 1.82) is 0 Å². The van der Waals surface area contributed by atoms with Crippen molar-refractivity contribution in [2.24, 2.45) is 28.6 Å². The Morgan fingerprint density at radius 3 is 2.22 bits per heavy atom. The van der Waals surface area contributed by atoms with Gasteiger partial charge in [0.25, 0.3) is 0 Å². The fourth-order valence-corrected chi connectivity index (χ4v) is 10.5. The lowest BCUT2D eigenvalue weighted by atomic mass is 9.46. The molecule has 4 fully saturated rings. The maximum atomic E-state index is 13.2. The van der Waals surface area contributed by atoms with E-state index in [1.165, 1.54) is 70.6 Å². The molecule has 1 heterocycles. The number of Topliss-reactive ketones (excluding diaryl/α,β-unsaturated/α-hetero) is 1. The van der Waals surface area contributed by atoms with Crippen molar-refractivity contribution in [1.82, 2.24) is 0 Å². The third kappa shape index (κ3) is 9.34. The van der Waals surface area contributed by atoms with Crippen LogP contribution in [0.25, 0.3) is 0 Å². The van der Waals surface area contributed by atoms with Gasteiger partial charge in [-0.3, -0.25) is 14.4 Å². The van der Waals surface area contributed by atoms with E-state index in [1.807, 2.05) is 6.08 Å². The van der Waals surface area contributed by atoms with Gasteiger partial charge in [-0.25, -0.2) is 0 Å².